The first kappa shape index (κ1) is 21.2. The van der Waals surface area contributed by atoms with E-state index in [0.717, 1.165) is 24.7 Å². The maximum Gasteiger partial charge on any atom is 0.306 e. The fourth-order valence-corrected chi connectivity index (χ4v) is 6.79. The Morgan fingerprint density at radius 1 is 1.36 bits per heavy atom. The van der Waals surface area contributed by atoms with Gasteiger partial charge in [0.05, 0.1) is 24.5 Å². The van der Waals surface area contributed by atoms with Crippen molar-refractivity contribution in [2.75, 3.05) is 13.7 Å². The lowest BCUT2D eigenvalue weighted by Crippen LogP contribution is -2.66. The lowest BCUT2D eigenvalue weighted by molar-refractivity contribution is -0.192. The van der Waals surface area contributed by atoms with E-state index >= 15 is 0 Å². The fourth-order valence-electron chi connectivity index (χ4n) is 6.79. The molecule has 0 radical (unpaired) electrons. The number of rotatable bonds is 5. The molecule has 0 aliphatic heterocycles. The van der Waals surface area contributed by atoms with Gasteiger partial charge < -0.3 is 14.3 Å². The summed E-state index contributed by atoms with van der Waals surface area (Å²) in [5, 5.41) is 0. The number of aldehydes is 1. The smallest absolute Gasteiger partial charge is 0.306 e. The molecule has 0 aromatic carbocycles. The van der Waals surface area contributed by atoms with Crippen molar-refractivity contribution in [1.82, 2.24) is 0 Å². The van der Waals surface area contributed by atoms with Gasteiger partial charge in [-0.25, -0.2) is 0 Å². The summed E-state index contributed by atoms with van der Waals surface area (Å²) < 4.78 is 11.1. The second kappa shape index (κ2) is 7.74. The van der Waals surface area contributed by atoms with Gasteiger partial charge in [0, 0.05) is 24.9 Å². The van der Waals surface area contributed by atoms with E-state index in [2.05, 4.69) is 19.9 Å². The molecular formula is C23H34O5. The molecule has 0 unspecified atom stereocenters. The van der Waals surface area contributed by atoms with Crippen LogP contribution in [-0.2, 0) is 23.9 Å². The molecule has 3 rings (SSSR count). The van der Waals surface area contributed by atoms with Crippen LogP contribution in [-0.4, -0.2) is 37.9 Å². The SMILES string of the molecule is CCOC(=O)C[C@H]1C(C)=CC[C@@H]2[C@@]1(C=O)C(=O)C[C@H]1[C@H](C)CC[C@@H](OC)[C@]21C. The van der Waals surface area contributed by atoms with Crippen molar-refractivity contribution in [3.8, 4) is 0 Å². The molecule has 0 heterocycles. The monoisotopic (exact) mass is 390 g/mol. The Labute approximate surface area is 168 Å². The van der Waals surface area contributed by atoms with Gasteiger partial charge in [0.15, 0.2) is 0 Å². The number of carbonyl (C=O) groups excluding carboxylic acids is 3. The van der Waals surface area contributed by atoms with Crippen LogP contribution in [0.15, 0.2) is 11.6 Å². The normalized spacial score (nSPS) is 42.8. The molecule has 5 nitrogen and oxygen atoms in total. The van der Waals surface area contributed by atoms with Crippen LogP contribution in [0, 0.1) is 34.5 Å². The van der Waals surface area contributed by atoms with Gasteiger partial charge in [-0.2, -0.15) is 0 Å². The summed E-state index contributed by atoms with van der Waals surface area (Å²) in [6.07, 6.45) is 6.13. The zero-order valence-corrected chi connectivity index (χ0v) is 17.8. The summed E-state index contributed by atoms with van der Waals surface area (Å²) in [7, 11) is 1.74. The van der Waals surface area contributed by atoms with Crippen molar-refractivity contribution in [3.05, 3.63) is 11.6 Å². The molecule has 0 N–H and O–H groups in total. The molecule has 0 saturated heterocycles. The van der Waals surface area contributed by atoms with Crippen LogP contribution in [0.3, 0.4) is 0 Å². The summed E-state index contributed by atoms with van der Waals surface area (Å²) in [6, 6.07) is 0. The van der Waals surface area contributed by atoms with Crippen LogP contribution in [0.4, 0.5) is 0 Å². The van der Waals surface area contributed by atoms with Gasteiger partial charge in [-0.3, -0.25) is 9.59 Å². The van der Waals surface area contributed by atoms with Crippen molar-refractivity contribution in [2.45, 2.75) is 65.9 Å². The molecule has 5 heteroatoms. The summed E-state index contributed by atoms with van der Waals surface area (Å²) in [5.41, 5.74) is -0.486. The van der Waals surface area contributed by atoms with Gasteiger partial charge in [0.2, 0.25) is 0 Å². The van der Waals surface area contributed by atoms with Crippen LogP contribution >= 0.6 is 0 Å². The largest absolute Gasteiger partial charge is 0.466 e. The molecule has 2 fully saturated rings. The number of allylic oxidation sites excluding steroid dienone is 2. The van der Waals surface area contributed by atoms with E-state index in [4.69, 9.17) is 9.47 Å². The second-order valence-electron chi connectivity index (χ2n) is 9.23. The molecule has 28 heavy (non-hydrogen) atoms. The van der Waals surface area contributed by atoms with Crippen LogP contribution in [0.5, 0.6) is 0 Å². The Bertz CT molecular complexity index is 682. The first-order valence-corrected chi connectivity index (χ1v) is 10.6. The number of hydrogen-bond acceptors (Lipinski definition) is 5. The highest BCUT2D eigenvalue weighted by Crippen LogP contribution is 2.65. The Morgan fingerprint density at radius 2 is 2.07 bits per heavy atom. The van der Waals surface area contributed by atoms with Crippen LogP contribution in [0.2, 0.25) is 0 Å². The van der Waals surface area contributed by atoms with Crippen LogP contribution in [0.1, 0.15) is 59.8 Å². The molecule has 156 valence electrons. The number of ketones is 1. The number of fused-ring (bicyclic) bond motifs is 3. The second-order valence-corrected chi connectivity index (χ2v) is 9.23. The van der Waals surface area contributed by atoms with Gasteiger partial charge in [-0.1, -0.05) is 25.5 Å². The third-order valence-electron chi connectivity index (χ3n) is 8.24. The molecule has 0 amide bonds. The number of hydrogen-bond donors (Lipinski definition) is 0. The summed E-state index contributed by atoms with van der Waals surface area (Å²) in [4.78, 5) is 38.6. The highest BCUT2D eigenvalue weighted by atomic mass is 16.5. The molecule has 2 saturated carbocycles. The number of methoxy groups -OCH3 is 1. The van der Waals surface area contributed by atoms with Gasteiger partial charge in [0.25, 0.3) is 0 Å². The van der Waals surface area contributed by atoms with Crippen molar-refractivity contribution in [1.29, 1.82) is 0 Å². The van der Waals surface area contributed by atoms with E-state index in [1.807, 2.05) is 6.92 Å². The average Bonchev–Trinajstić information content (AvgIpc) is 2.66. The van der Waals surface area contributed by atoms with Gasteiger partial charge in [-0.05, 0) is 50.9 Å². The Balaban J connectivity index is 2.12. The number of carbonyl (C=O) groups is 3. The minimum atomic E-state index is -1.16. The predicted molar refractivity (Wildman–Crippen MR) is 106 cm³/mol. The summed E-state index contributed by atoms with van der Waals surface area (Å²) in [5.74, 6) is -0.308. The lowest BCUT2D eigenvalue weighted by Gasteiger charge is -2.63. The third kappa shape index (κ3) is 2.89. The third-order valence-corrected chi connectivity index (χ3v) is 8.24. The number of esters is 1. The number of Topliss-reactive ketones (excluding diaryl/α,β-unsaturated/α-hetero) is 1. The van der Waals surface area contributed by atoms with Crippen LogP contribution < -0.4 is 0 Å². The van der Waals surface area contributed by atoms with E-state index in [9.17, 15) is 14.4 Å². The Morgan fingerprint density at radius 3 is 2.68 bits per heavy atom. The van der Waals surface area contributed by atoms with Gasteiger partial charge >= 0.3 is 5.97 Å². The first-order valence-electron chi connectivity index (χ1n) is 10.6. The van der Waals surface area contributed by atoms with E-state index in [1.54, 1.807) is 14.0 Å². The minimum Gasteiger partial charge on any atom is -0.466 e. The van der Waals surface area contributed by atoms with E-state index < -0.39 is 11.3 Å². The van der Waals surface area contributed by atoms with E-state index in [-0.39, 0.29) is 41.5 Å². The van der Waals surface area contributed by atoms with Crippen molar-refractivity contribution < 1.29 is 23.9 Å². The fraction of sp³-hybridized carbons (Fsp3) is 0.783. The van der Waals surface area contributed by atoms with Gasteiger partial charge in [-0.15, -0.1) is 0 Å². The standard InChI is InChI=1S/C23H34O5/c1-6-28-21(26)12-17-15(3)7-9-18-22(4)16(11-19(25)23(17,18)13-24)14(2)8-10-20(22)27-5/h7,13-14,16-18,20H,6,8-12H2,1-5H3/t14-,16+,17+,18+,20-,22+,23+/m1/s1. The predicted octanol–water partition coefficient (Wildman–Crippen LogP) is 3.75. The average molecular weight is 391 g/mol. The quantitative estimate of drug-likeness (QED) is 0.309. The highest BCUT2D eigenvalue weighted by molar-refractivity contribution is 6.01. The van der Waals surface area contributed by atoms with Crippen molar-refractivity contribution in [2.24, 2.45) is 34.5 Å². The van der Waals surface area contributed by atoms with Crippen molar-refractivity contribution in [3.63, 3.8) is 0 Å². The maximum atomic E-state index is 13.6. The molecule has 7 atom stereocenters. The van der Waals surface area contributed by atoms with E-state index in [1.165, 1.54) is 0 Å². The maximum absolute atomic E-state index is 13.6. The molecule has 0 aromatic heterocycles. The molecule has 0 spiro atoms. The van der Waals surface area contributed by atoms with Crippen LogP contribution in [0.25, 0.3) is 0 Å². The molecule has 0 aromatic rings. The first-order chi connectivity index (χ1) is 13.3. The highest BCUT2D eigenvalue weighted by Gasteiger charge is 2.67. The zero-order chi connectivity index (χ0) is 20.7. The zero-order valence-electron chi connectivity index (χ0n) is 17.8. The lowest BCUT2D eigenvalue weighted by atomic mass is 9.40. The van der Waals surface area contributed by atoms with Crippen molar-refractivity contribution >= 4 is 18.0 Å². The molecule has 3 aliphatic carbocycles. The Kier molecular flexibility index (Phi) is 5.86. The summed E-state index contributed by atoms with van der Waals surface area (Å²) >= 11 is 0. The molecule has 0 bridgehead atoms. The molecular weight excluding hydrogens is 356 g/mol. The minimum absolute atomic E-state index is 0.000302. The molecule has 3 aliphatic rings. The topological polar surface area (TPSA) is 69.7 Å². The summed E-state index contributed by atoms with van der Waals surface area (Å²) in [6.45, 7) is 8.43. The number of ether oxygens (including phenoxy) is 2. The Hall–Kier alpha value is -1.49. The van der Waals surface area contributed by atoms with Gasteiger partial charge in [0.1, 0.15) is 12.1 Å². The van der Waals surface area contributed by atoms with E-state index in [0.29, 0.717) is 25.4 Å².